The summed E-state index contributed by atoms with van der Waals surface area (Å²) in [6, 6.07) is 3.00. The van der Waals surface area contributed by atoms with E-state index in [1.54, 1.807) is 13.0 Å². The molecule has 1 unspecified atom stereocenters. The molecule has 0 saturated carbocycles. The fraction of sp³-hybridized carbons (Fsp3) is 0.222. The van der Waals surface area contributed by atoms with Crippen LogP contribution in [0.4, 0.5) is 0 Å². The average molecular weight is 226 g/mol. The Labute approximate surface area is 90.1 Å². The van der Waals surface area contributed by atoms with Crippen LogP contribution in [-0.2, 0) is 0 Å². The third-order valence-corrected chi connectivity index (χ3v) is 2.02. The predicted octanol–water partition coefficient (Wildman–Crippen LogP) is 1.72. The Morgan fingerprint density at radius 3 is 2.87 bits per heavy atom. The Morgan fingerprint density at radius 2 is 2.33 bits per heavy atom. The predicted molar refractivity (Wildman–Crippen MR) is 54.6 cm³/mol. The van der Waals surface area contributed by atoms with Crippen molar-refractivity contribution in [1.29, 1.82) is 0 Å². The van der Waals surface area contributed by atoms with Gasteiger partial charge in [-0.15, -0.1) is 11.6 Å². The summed E-state index contributed by atoms with van der Waals surface area (Å²) in [7, 11) is 0. The second-order valence-corrected chi connectivity index (χ2v) is 3.67. The highest BCUT2D eigenvalue weighted by molar-refractivity contribution is 6.20. The molecule has 1 N–H and O–H groups in total. The van der Waals surface area contributed by atoms with E-state index in [4.69, 9.17) is 16.1 Å². The molecule has 2 rings (SSSR count). The molecule has 0 radical (unpaired) electrons. The number of nitrogens with one attached hydrogen (secondary N) is 1. The zero-order chi connectivity index (χ0) is 10.8. The summed E-state index contributed by atoms with van der Waals surface area (Å²) < 4.78 is 4.98. The molecule has 2 aromatic heterocycles. The Bertz CT molecular complexity index is 498. The van der Waals surface area contributed by atoms with E-state index in [1.165, 1.54) is 12.3 Å². The summed E-state index contributed by atoms with van der Waals surface area (Å²) in [5, 5.41) is 3.40. The molecule has 0 amide bonds. The summed E-state index contributed by atoms with van der Waals surface area (Å²) in [6.45, 7) is 1.75. The fourth-order valence-electron chi connectivity index (χ4n) is 1.06. The summed E-state index contributed by atoms with van der Waals surface area (Å²) in [6.07, 6.45) is 1.51. The topological polar surface area (TPSA) is 71.8 Å². The maximum Gasteiger partial charge on any atom is 0.259 e. The number of nitrogens with zero attached hydrogens (tertiary/aromatic N) is 2. The standard InChI is InChI=1S/C9H8ClN3O2/c1-5(10)8-12-9(15-13-8)6-2-3-7(14)11-4-6/h2-5H,1H3,(H,11,14). The lowest BCUT2D eigenvalue weighted by atomic mass is 10.3. The van der Waals surface area contributed by atoms with Gasteiger partial charge in [0.1, 0.15) is 0 Å². The van der Waals surface area contributed by atoms with Crippen LogP contribution < -0.4 is 5.56 Å². The summed E-state index contributed by atoms with van der Waals surface area (Å²) in [5.74, 6) is 0.770. The average Bonchev–Trinajstić information content (AvgIpc) is 2.68. The molecule has 0 spiro atoms. The molecule has 0 aliphatic heterocycles. The van der Waals surface area contributed by atoms with Gasteiger partial charge in [-0.2, -0.15) is 4.98 Å². The number of pyridine rings is 1. The first-order valence-corrected chi connectivity index (χ1v) is 4.77. The monoisotopic (exact) mass is 225 g/mol. The van der Waals surface area contributed by atoms with Crippen LogP contribution in [0.5, 0.6) is 0 Å². The lowest BCUT2D eigenvalue weighted by Crippen LogP contribution is -2.01. The molecule has 0 saturated heterocycles. The van der Waals surface area contributed by atoms with E-state index in [0.717, 1.165) is 0 Å². The highest BCUT2D eigenvalue weighted by Gasteiger charge is 2.12. The van der Waals surface area contributed by atoms with Crippen molar-refractivity contribution in [1.82, 2.24) is 15.1 Å². The van der Waals surface area contributed by atoms with E-state index in [9.17, 15) is 4.79 Å². The Kier molecular flexibility index (Phi) is 2.55. The highest BCUT2D eigenvalue weighted by Crippen LogP contribution is 2.20. The smallest absolute Gasteiger partial charge is 0.259 e. The molecular formula is C9H8ClN3O2. The van der Waals surface area contributed by atoms with E-state index in [2.05, 4.69) is 15.1 Å². The van der Waals surface area contributed by atoms with Crippen molar-refractivity contribution in [3.05, 3.63) is 34.5 Å². The quantitative estimate of drug-likeness (QED) is 0.790. The Hall–Kier alpha value is -1.62. The van der Waals surface area contributed by atoms with E-state index >= 15 is 0 Å². The third-order valence-electron chi connectivity index (χ3n) is 1.83. The van der Waals surface area contributed by atoms with Gasteiger partial charge in [-0.25, -0.2) is 0 Å². The first-order valence-electron chi connectivity index (χ1n) is 4.33. The van der Waals surface area contributed by atoms with Crippen molar-refractivity contribution < 1.29 is 4.52 Å². The normalized spacial score (nSPS) is 12.7. The van der Waals surface area contributed by atoms with Crippen molar-refractivity contribution in [3.8, 4) is 11.5 Å². The lowest BCUT2D eigenvalue weighted by molar-refractivity contribution is 0.422. The third kappa shape index (κ3) is 2.07. The number of halogens is 1. The largest absolute Gasteiger partial charge is 0.334 e. The maximum atomic E-state index is 10.8. The molecule has 1 atom stereocenters. The minimum atomic E-state index is -0.301. The van der Waals surface area contributed by atoms with E-state index in [0.29, 0.717) is 17.3 Å². The SMILES string of the molecule is CC(Cl)c1noc(-c2ccc(=O)[nH]c2)n1. The molecule has 0 aliphatic carbocycles. The molecule has 0 fully saturated rings. The number of hydrogen-bond acceptors (Lipinski definition) is 4. The summed E-state index contributed by atoms with van der Waals surface area (Å²) >= 11 is 5.79. The van der Waals surface area contributed by atoms with Crippen LogP contribution >= 0.6 is 11.6 Å². The minimum Gasteiger partial charge on any atom is -0.334 e. The lowest BCUT2D eigenvalue weighted by Gasteiger charge is -1.91. The number of alkyl halides is 1. The first-order chi connectivity index (χ1) is 7.16. The van der Waals surface area contributed by atoms with Gasteiger partial charge in [-0.1, -0.05) is 5.16 Å². The van der Waals surface area contributed by atoms with Gasteiger partial charge in [0, 0.05) is 12.3 Å². The first kappa shape index (κ1) is 9.92. The van der Waals surface area contributed by atoms with Crippen molar-refractivity contribution in [3.63, 3.8) is 0 Å². The number of hydrogen-bond donors (Lipinski definition) is 1. The molecule has 0 aliphatic rings. The molecule has 6 heteroatoms. The van der Waals surface area contributed by atoms with Crippen LogP contribution in [0.15, 0.2) is 27.6 Å². The number of H-pyrrole nitrogens is 1. The molecule has 0 bridgehead atoms. The number of aromatic nitrogens is 3. The van der Waals surface area contributed by atoms with Gasteiger partial charge in [0.25, 0.3) is 5.89 Å². The van der Waals surface area contributed by atoms with Gasteiger partial charge >= 0.3 is 0 Å². The molecule has 2 heterocycles. The van der Waals surface area contributed by atoms with Gasteiger partial charge in [0.05, 0.1) is 10.9 Å². The second kappa shape index (κ2) is 3.86. The van der Waals surface area contributed by atoms with Crippen LogP contribution in [0.2, 0.25) is 0 Å². The van der Waals surface area contributed by atoms with Crippen LogP contribution in [-0.4, -0.2) is 15.1 Å². The Morgan fingerprint density at radius 1 is 1.53 bits per heavy atom. The van der Waals surface area contributed by atoms with Gasteiger partial charge in [-0.05, 0) is 13.0 Å². The maximum absolute atomic E-state index is 10.8. The molecule has 15 heavy (non-hydrogen) atoms. The zero-order valence-electron chi connectivity index (χ0n) is 7.90. The van der Waals surface area contributed by atoms with Gasteiger partial charge in [0.15, 0.2) is 5.82 Å². The van der Waals surface area contributed by atoms with Crippen molar-refractivity contribution >= 4 is 11.6 Å². The molecule has 5 nitrogen and oxygen atoms in total. The minimum absolute atomic E-state index is 0.177. The number of aromatic amines is 1. The molecule has 0 aromatic carbocycles. The molecule has 2 aromatic rings. The van der Waals surface area contributed by atoms with Crippen LogP contribution in [0.3, 0.4) is 0 Å². The highest BCUT2D eigenvalue weighted by atomic mass is 35.5. The second-order valence-electron chi connectivity index (χ2n) is 3.02. The van der Waals surface area contributed by atoms with Crippen molar-refractivity contribution in [2.75, 3.05) is 0 Å². The van der Waals surface area contributed by atoms with E-state index in [-0.39, 0.29) is 10.9 Å². The number of rotatable bonds is 2. The van der Waals surface area contributed by atoms with Crippen LogP contribution in [0.1, 0.15) is 18.1 Å². The zero-order valence-corrected chi connectivity index (χ0v) is 8.65. The van der Waals surface area contributed by atoms with Crippen LogP contribution in [0, 0.1) is 0 Å². The summed E-state index contributed by atoms with van der Waals surface area (Å²) in [4.78, 5) is 17.4. The van der Waals surface area contributed by atoms with E-state index in [1.807, 2.05) is 0 Å². The van der Waals surface area contributed by atoms with Gasteiger partial charge in [0.2, 0.25) is 5.56 Å². The van der Waals surface area contributed by atoms with Crippen LogP contribution in [0.25, 0.3) is 11.5 Å². The van der Waals surface area contributed by atoms with Gasteiger partial charge < -0.3 is 9.51 Å². The van der Waals surface area contributed by atoms with Gasteiger partial charge in [-0.3, -0.25) is 4.79 Å². The fourth-order valence-corrected chi connectivity index (χ4v) is 1.15. The molecular weight excluding hydrogens is 218 g/mol. The Balaban J connectivity index is 2.37. The summed E-state index contributed by atoms with van der Waals surface area (Å²) in [5.41, 5.74) is 0.481. The van der Waals surface area contributed by atoms with E-state index < -0.39 is 0 Å². The van der Waals surface area contributed by atoms with Crippen molar-refractivity contribution in [2.24, 2.45) is 0 Å². The molecule has 78 valence electrons. The van der Waals surface area contributed by atoms with Crippen molar-refractivity contribution in [2.45, 2.75) is 12.3 Å².